The Balaban J connectivity index is 1.59. The van der Waals surface area contributed by atoms with E-state index in [1.807, 2.05) is 12.1 Å². The van der Waals surface area contributed by atoms with Crippen LogP contribution in [0.4, 0.5) is 0 Å². The Morgan fingerprint density at radius 2 is 1.24 bits per heavy atom. The van der Waals surface area contributed by atoms with Crippen molar-refractivity contribution in [2.45, 2.75) is 51.4 Å². The van der Waals surface area contributed by atoms with Gasteiger partial charge in [0.2, 0.25) is 5.88 Å². The summed E-state index contributed by atoms with van der Waals surface area (Å²) in [4.78, 5) is 4.39. The zero-order valence-corrected chi connectivity index (χ0v) is 27.2. The van der Waals surface area contributed by atoms with Crippen molar-refractivity contribution in [2.24, 2.45) is 0 Å². The molecule has 0 unspecified atom stereocenters. The average molecular weight is 608 g/mol. The summed E-state index contributed by atoms with van der Waals surface area (Å²) in [5.41, 5.74) is 6.33. The fourth-order valence-electron chi connectivity index (χ4n) is 6.55. The zero-order chi connectivity index (χ0) is 32.1. The third-order valence-corrected chi connectivity index (χ3v) is 9.68. The van der Waals surface area contributed by atoms with Crippen LogP contribution in [0.5, 0.6) is 5.88 Å². The first kappa shape index (κ1) is 30.0. The van der Waals surface area contributed by atoms with Crippen LogP contribution in [0.25, 0.3) is 22.2 Å². The maximum absolute atomic E-state index is 6.56. The van der Waals surface area contributed by atoms with E-state index in [0.29, 0.717) is 5.88 Å². The summed E-state index contributed by atoms with van der Waals surface area (Å²) < 4.78 is 20.9. The molecule has 0 saturated carbocycles. The van der Waals surface area contributed by atoms with E-state index >= 15 is 0 Å². The highest BCUT2D eigenvalue weighted by Crippen LogP contribution is 2.44. The lowest BCUT2D eigenvalue weighted by molar-refractivity contribution is 0.00578. The molecule has 7 rings (SSSR count). The lowest BCUT2D eigenvalue weighted by Crippen LogP contribution is -2.41. The second-order valence-corrected chi connectivity index (χ2v) is 13.0. The molecule has 1 aliphatic rings. The fraction of sp³-hybridized carbons (Fsp3) is 0.231. The summed E-state index contributed by atoms with van der Waals surface area (Å²) in [7, 11) is 1.12. The minimum atomic E-state index is -0.796. The molecule has 46 heavy (non-hydrogen) atoms. The minimum absolute atomic E-state index is 0.465. The van der Waals surface area contributed by atoms with Crippen molar-refractivity contribution in [1.29, 1.82) is 0 Å². The molecule has 0 radical (unpaired) electrons. The Bertz CT molecular complexity index is 1890. The van der Waals surface area contributed by atoms with E-state index in [1.165, 1.54) is 0 Å². The maximum Gasteiger partial charge on any atom is 0.495 e. The van der Waals surface area contributed by atoms with Crippen LogP contribution in [0.3, 0.4) is 0 Å². The Kier molecular flexibility index (Phi) is 7.34. The number of ether oxygens (including phenoxy) is 1. The predicted molar refractivity (Wildman–Crippen MR) is 185 cm³/mol. The topological polar surface area (TPSA) is 58.4 Å². The Morgan fingerprint density at radius 1 is 0.717 bits per heavy atom. The lowest BCUT2D eigenvalue weighted by atomic mass is 9.75. The number of nitrogens with zero attached hydrogens (tertiary/aromatic N) is 3. The molecule has 1 saturated heterocycles. The summed E-state index contributed by atoms with van der Waals surface area (Å²) in [6.45, 7) is 10.5. The van der Waals surface area contributed by atoms with Gasteiger partial charge < -0.3 is 14.0 Å². The second kappa shape index (κ2) is 11.3. The Labute approximate surface area is 271 Å². The molecule has 1 aliphatic heterocycles. The molecular weight excluding hydrogens is 569 g/mol. The Morgan fingerprint density at radius 3 is 1.74 bits per heavy atom. The van der Waals surface area contributed by atoms with Gasteiger partial charge in [-0.05, 0) is 74.5 Å². The van der Waals surface area contributed by atoms with Crippen LogP contribution in [0.1, 0.15) is 49.9 Å². The summed E-state index contributed by atoms with van der Waals surface area (Å²) >= 11 is 0. The van der Waals surface area contributed by atoms with Crippen molar-refractivity contribution in [1.82, 2.24) is 14.8 Å². The molecule has 0 N–H and O–H groups in total. The van der Waals surface area contributed by atoms with Crippen LogP contribution in [0.2, 0.25) is 0 Å². The quantitative estimate of drug-likeness (QED) is 0.139. The molecule has 0 bridgehead atoms. The third-order valence-electron chi connectivity index (χ3n) is 9.68. The van der Waals surface area contributed by atoms with Crippen LogP contribution in [-0.4, -0.2) is 40.2 Å². The Hall–Kier alpha value is -4.72. The van der Waals surface area contributed by atoms with E-state index < -0.39 is 23.9 Å². The van der Waals surface area contributed by atoms with Crippen molar-refractivity contribution < 1.29 is 14.0 Å². The van der Waals surface area contributed by atoms with Gasteiger partial charge in [-0.3, -0.25) is 0 Å². The number of aromatic nitrogens is 3. The van der Waals surface area contributed by atoms with Crippen molar-refractivity contribution in [3.63, 3.8) is 0 Å². The van der Waals surface area contributed by atoms with E-state index in [2.05, 4.69) is 147 Å². The van der Waals surface area contributed by atoms with Crippen molar-refractivity contribution in [2.75, 3.05) is 7.11 Å². The normalized spacial score (nSPS) is 15.7. The number of fused-ring (bicyclic) bond motifs is 1. The van der Waals surface area contributed by atoms with Gasteiger partial charge in [-0.25, -0.2) is 9.67 Å². The van der Waals surface area contributed by atoms with E-state index in [-0.39, 0.29) is 0 Å². The number of aryl methyl sites for hydroxylation is 1. The highest BCUT2D eigenvalue weighted by atomic mass is 16.7. The molecule has 0 amide bonds. The molecule has 0 atom stereocenters. The first-order valence-electron chi connectivity index (χ1n) is 15.7. The van der Waals surface area contributed by atoms with Gasteiger partial charge in [0.1, 0.15) is 11.2 Å². The number of hydrogen-bond donors (Lipinski definition) is 0. The summed E-state index contributed by atoms with van der Waals surface area (Å²) in [6, 6.07) is 40.2. The average Bonchev–Trinajstić information content (AvgIpc) is 3.54. The van der Waals surface area contributed by atoms with Crippen LogP contribution >= 0.6 is 0 Å². The molecular formula is C39H38BN3O3. The molecule has 1 fully saturated rings. The molecule has 230 valence electrons. The van der Waals surface area contributed by atoms with Gasteiger partial charge in [0.25, 0.3) is 0 Å². The van der Waals surface area contributed by atoms with Gasteiger partial charge in [0.15, 0.2) is 0 Å². The highest BCUT2D eigenvalue weighted by molar-refractivity contribution is 6.63. The smallest absolute Gasteiger partial charge is 0.481 e. The molecule has 4 aromatic carbocycles. The molecule has 7 heteroatoms. The van der Waals surface area contributed by atoms with Crippen molar-refractivity contribution in [3.05, 3.63) is 144 Å². The van der Waals surface area contributed by atoms with Crippen molar-refractivity contribution in [3.8, 4) is 17.1 Å². The molecule has 6 aromatic rings. The van der Waals surface area contributed by atoms with E-state index in [9.17, 15) is 0 Å². The van der Waals surface area contributed by atoms with Gasteiger partial charge >= 0.3 is 7.12 Å². The zero-order valence-electron chi connectivity index (χ0n) is 27.2. The SMILES string of the molecule is COc1cc(-c2nn(C(c3ccccc3)(c3ccccc3)c3ccccc3)c3cc(C)c(B4OC(C)(C)C(C)(C)O4)cc23)ccn1. The van der Waals surface area contributed by atoms with Crippen molar-refractivity contribution >= 4 is 23.5 Å². The summed E-state index contributed by atoms with van der Waals surface area (Å²) in [5.74, 6) is 0.527. The van der Waals surface area contributed by atoms with Gasteiger partial charge in [-0.2, -0.15) is 5.10 Å². The number of pyridine rings is 1. The van der Waals surface area contributed by atoms with Crippen LogP contribution in [0.15, 0.2) is 121 Å². The molecule has 3 heterocycles. The molecule has 0 spiro atoms. The van der Waals surface area contributed by atoms with Gasteiger partial charge in [0, 0.05) is 23.2 Å². The van der Waals surface area contributed by atoms with Crippen LogP contribution in [0, 0.1) is 6.92 Å². The first-order chi connectivity index (χ1) is 22.2. The fourth-order valence-corrected chi connectivity index (χ4v) is 6.55. The van der Waals surface area contributed by atoms with E-state index in [1.54, 1.807) is 13.3 Å². The summed E-state index contributed by atoms with van der Waals surface area (Å²) in [6.07, 6.45) is 1.77. The molecule has 2 aromatic heterocycles. The maximum atomic E-state index is 6.56. The van der Waals surface area contributed by atoms with E-state index in [0.717, 1.165) is 49.9 Å². The van der Waals surface area contributed by atoms with Crippen LogP contribution < -0.4 is 10.2 Å². The minimum Gasteiger partial charge on any atom is -0.481 e. The molecule has 6 nitrogen and oxygen atoms in total. The number of hydrogen-bond acceptors (Lipinski definition) is 5. The van der Waals surface area contributed by atoms with E-state index in [4.69, 9.17) is 19.1 Å². The predicted octanol–water partition coefficient (Wildman–Crippen LogP) is 7.55. The number of benzene rings is 4. The monoisotopic (exact) mass is 607 g/mol. The molecule has 0 aliphatic carbocycles. The summed E-state index contributed by atoms with van der Waals surface area (Å²) in [5, 5.41) is 6.54. The highest BCUT2D eigenvalue weighted by Gasteiger charge is 2.52. The largest absolute Gasteiger partial charge is 0.495 e. The van der Waals surface area contributed by atoms with Gasteiger partial charge in [-0.15, -0.1) is 0 Å². The third kappa shape index (κ3) is 4.73. The first-order valence-corrected chi connectivity index (χ1v) is 15.7. The lowest BCUT2D eigenvalue weighted by Gasteiger charge is -2.37. The van der Waals surface area contributed by atoms with Gasteiger partial charge in [0.05, 0.1) is 23.8 Å². The van der Waals surface area contributed by atoms with Crippen LogP contribution in [-0.2, 0) is 14.8 Å². The number of methoxy groups -OCH3 is 1. The van der Waals surface area contributed by atoms with Gasteiger partial charge in [-0.1, -0.05) is 97.1 Å². The standard InChI is InChI=1S/C39H38BN3O3/c1-27-24-34-32(26-33(27)40-45-37(2,3)38(4,5)46-40)36(28-22-23-41-35(25-28)44-6)42-43(34)39(29-16-10-7-11-17-29,30-18-12-8-13-19-30)31-20-14-9-15-21-31/h7-26H,1-6H3. The number of rotatable bonds is 7. The second-order valence-electron chi connectivity index (χ2n) is 13.0.